The number of fused-ring (bicyclic) bond motifs is 1. The molecule has 0 saturated heterocycles. The molecule has 1 aliphatic rings. The first-order valence-electron chi connectivity index (χ1n) is 8.58. The summed E-state index contributed by atoms with van der Waals surface area (Å²) in [4.78, 5) is 11.6. The molecule has 0 aliphatic carbocycles. The minimum atomic E-state index is -5.92. The van der Waals surface area contributed by atoms with Gasteiger partial charge >= 0.3 is 21.6 Å². The third-order valence-electron chi connectivity index (χ3n) is 4.24. The maximum absolute atomic E-state index is 12.9. The molecule has 0 atom stereocenters. The highest BCUT2D eigenvalue weighted by Crippen LogP contribution is 2.44. The minimum Gasteiger partial charge on any atom is -0.493 e. The summed E-state index contributed by atoms with van der Waals surface area (Å²) in [5, 5.41) is 0. The van der Waals surface area contributed by atoms with Crippen molar-refractivity contribution in [2.24, 2.45) is 0 Å². The number of ether oxygens (including phenoxy) is 2. The van der Waals surface area contributed by atoms with E-state index in [0.29, 0.717) is 29.9 Å². The van der Waals surface area contributed by atoms with Crippen LogP contribution in [0.25, 0.3) is 11.1 Å². The van der Waals surface area contributed by atoms with E-state index in [-0.39, 0.29) is 11.3 Å². The highest BCUT2D eigenvalue weighted by atomic mass is 32.2. The van der Waals surface area contributed by atoms with Crippen molar-refractivity contribution in [2.75, 3.05) is 6.61 Å². The van der Waals surface area contributed by atoms with Gasteiger partial charge in [0.1, 0.15) is 11.5 Å². The lowest BCUT2D eigenvalue weighted by molar-refractivity contribution is -0.131. The molecular formula is C19H17F3O6S. The average Bonchev–Trinajstić information content (AvgIpc) is 2.62. The molecule has 1 aliphatic heterocycles. The van der Waals surface area contributed by atoms with Crippen LogP contribution < -0.4 is 13.7 Å². The van der Waals surface area contributed by atoms with Gasteiger partial charge in [-0.3, -0.25) is 4.79 Å². The number of aryl methyl sites for hydroxylation is 2. The molecule has 0 N–H and O–H groups in total. The highest BCUT2D eigenvalue weighted by Gasteiger charge is 2.49. The second-order valence-electron chi connectivity index (χ2n) is 6.44. The first-order valence-corrected chi connectivity index (χ1v) is 9.99. The van der Waals surface area contributed by atoms with Crippen LogP contribution in [0.15, 0.2) is 30.3 Å². The summed E-state index contributed by atoms with van der Waals surface area (Å²) in [6.07, 6.45) is 1.43. The van der Waals surface area contributed by atoms with Gasteiger partial charge in [0.25, 0.3) is 0 Å². The van der Waals surface area contributed by atoms with Gasteiger partial charge in [-0.05, 0) is 54.7 Å². The number of halogens is 3. The SMILES string of the molecule is CC(=O)Oc1c(C)ccc(OS(=O)(=O)C(F)(F)F)c1-c1ccc2c(c1)CCCO2. The van der Waals surface area contributed by atoms with E-state index >= 15 is 0 Å². The Hall–Kier alpha value is -2.75. The monoisotopic (exact) mass is 430 g/mol. The van der Waals surface area contributed by atoms with Crippen LogP contribution >= 0.6 is 0 Å². The Morgan fingerprint density at radius 1 is 1.17 bits per heavy atom. The molecule has 3 rings (SSSR count). The summed E-state index contributed by atoms with van der Waals surface area (Å²) in [6, 6.07) is 7.23. The Labute approximate surface area is 165 Å². The third kappa shape index (κ3) is 4.31. The van der Waals surface area contributed by atoms with Crippen LogP contribution in [0.2, 0.25) is 0 Å². The molecule has 29 heavy (non-hydrogen) atoms. The fraction of sp³-hybridized carbons (Fsp3) is 0.316. The number of esters is 1. The largest absolute Gasteiger partial charge is 0.534 e. The average molecular weight is 430 g/mol. The highest BCUT2D eigenvalue weighted by molar-refractivity contribution is 7.88. The van der Waals surface area contributed by atoms with E-state index in [9.17, 15) is 26.4 Å². The lowest BCUT2D eigenvalue weighted by Crippen LogP contribution is -2.28. The summed E-state index contributed by atoms with van der Waals surface area (Å²) >= 11 is 0. The number of hydrogen-bond acceptors (Lipinski definition) is 6. The first-order chi connectivity index (χ1) is 13.5. The normalized spacial score (nSPS) is 14.0. The Morgan fingerprint density at radius 2 is 1.90 bits per heavy atom. The number of hydrogen-bond donors (Lipinski definition) is 0. The van der Waals surface area contributed by atoms with Crippen LogP contribution in [-0.4, -0.2) is 26.5 Å². The van der Waals surface area contributed by atoms with Crippen molar-refractivity contribution in [3.05, 3.63) is 41.5 Å². The molecule has 0 amide bonds. The molecule has 1 heterocycles. The van der Waals surface area contributed by atoms with E-state index in [2.05, 4.69) is 4.18 Å². The van der Waals surface area contributed by atoms with Gasteiger partial charge in [-0.1, -0.05) is 12.1 Å². The molecule has 0 radical (unpaired) electrons. The zero-order valence-corrected chi connectivity index (χ0v) is 16.3. The molecule has 0 aromatic heterocycles. The molecule has 0 bridgehead atoms. The van der Waals surface area contributed by atoms with E-state index in [1.807, 2.05) is 0 Å². The number of carbonyl (C=O) groups excluding carboxylic acids is 1. The number of rotatable bonds is 4. The Bertz CT molecular complexity index is 1060. The van der Waals surface area contributed by atoms with Gasteiger partial charge < -0.3 is 13.7 Å². The van der Waals surface area contributed by atoms with Gasteiger partial charge in [-0.25, -0.2) is 0 Å². The molecule has 2 aromatic rings. The predicted molar refractivity (Wildman–Crippen MR) is 97.3 cm³/mol. The lowest BCUT2D eigenvalue weighted by Gasteiger charge is -2.21. The molecule has 0 spiro atoms. The van der Waals surface area contributed by atoms with E-state index in [1.165, 1.54) is 6.07 Å². The Balaban J connectivity index is 2.21. The van der Waals surface area contributed by atoms with Gasteiger partial charge in [0.05, 0.1) is 12.2 Å². The van der Waals surface area contributed by atoms with Crippen molar-refractivity contribution in [3.8, 4) is 28.4 Å². The first kappa shape index (κ1) is 21.0. The molecule has 156 valence electrons. The van der Waals surface area contributed by atoms with Gasteiger partial charge in [0.15, 0.2) is 5.75 Å². The molecule has 0 saturated carbocycles. The van der Waals surface area contributed by atoms with Crippen LogP contribution in [0.3, 0.4) is 0 Å². The minimum absolute atomic E-state index is 0.0681. The third-order valence-corrected chi connectivity index (χ3v) is 5.21. The van der Waals surface area contributed by atoms with Crippen molar-refractivity contribution < 1.29 is 40.0 Å². The summed E-state index contributed by atoms with van der Waals surface area (Å²) in [5.41, 5.74) is -4.13. The smallest absolute Gasteiger partial charge is 0.493 e. The molecule has 2 aromatic carbocycles. The quantitative estimate of drug-likeness (QED) is 0.314. The van der Waals surface area contributed by atoms with E-state index in [0.717, 1.165) is 25.0 Å². The van der Waals surface area contributed by atoms with Crippen LogP contribution in [0, 0.1) is 6.92 Å². The fourth-order valence-corrected chi connectivity index (χ4v) is 3.44. The summed E-state index contributed by atoms with van der Waals surface area (Å²) in [5.74, 6) is -0.761. The standard InChI is InChI=1S/C19H17F3O6S/c1-11-5-7-16(28-29(24,25)19(20,21)22)17(18(11)27-12(2)23)14-6-8-15-13(10-14)4-3-9-26-15/h5-8,10H,3-4,9H2,1-2H3. The molecule has 6 nitrogen and oxygen atoms in total. The van der Waals surface area contributed by atoms with Gasteiger partial charge in [0, 0.05) is 6.92 Å². The summed E-state index contributed by atoms with van der Waals surface area (Å²) < 4.78 is 76.8. The topological polar surface area (TPSA) is 78.9 Å². The van der Waals surface area contributed by atoms with Crippen LogP contribution in [0.5, 0.6) is 17.2 Å². The second-order valence-corrected chi connectivity index (χ2v) is 7.97. The fourth-order valence-electron chi connectivity index (χ4n) is 2.97. The van der Waals surface area contributed by atoms with Crippen molar-refractivity contribution in [3.63, 3.8) is 0 Å². The molecule has 10 heteroatoms. The van der Waals surface area contributed by atoms with Crippen LogP contribution in [0.1, 0.15) is 24.5 Å². The Kier molecular flexibility index (Phi) is 5.48. The van der Waals surface area contributed by atoms with E-state index in [4.69, 9.17) is 9.47 Å². The van der Waals surface area contributed by atoms with Gasteiger partial charge in [0.2, 0.25) is 0 Å². The molecule has 0 unspecified atom stereocenters. The van der Waals surface area contributed by atoms with Crippen molar-refractivity contribution >= 4 is 16.1 Å². The zero-order chi connectivity index (χ0) is 21.4. The maximum Gasteiger partial charge on any atom is 0.534 e. The van der Waals surface area contributed by atoms with E-state index < -0.39 is 27.3 Å². The molecule has 0 fully saturated rings. The zero-order valence-electron chi connectivity index (χ0n) is 15.5. The summed E-state index contributed by atoms with van der Waals surface area (Å²) in [7, 11) is -5.92. The van der Waals surface area contributed by atoms with E-state index in [1.54, 1.807) is 25.1 Å². The van der Waals surface area contributed by atoms with Crippen molar-refractivity contribution in [1.82, 2.24) is 0 Å². The number of carbonyl (C=O) groups is 1. The van der Waals surface area contributed by atoms with Gasteiger partial charge in [-0.2, -0.15) is 21.6 Å². The van der Waals surface area contributed by atoms with Crippen LogP contribution in [-0.2, 0) is 21.3 Å². The predicted octanol–water partition coefficient (Wildman–Crippen LogP) is 4.14. The second kappa shape index (κ2) is 7.58. The van der Waals surface area contributed by atoms with Crippen molar-refractivity contribution in [1.29, 1.82) is 0 Å². The molecular weight excluding hydrogens is 413 g/mol. The Morgan fingerprint density at radius 3 is 2.55 bits per heavy atom. The number of benzene rings is 2. The summed E-state index contributed by atoms with van der Waals surface area (Å²) in [6.45, 7) is 3.25. The van der Waals surface area contributed by atoms with Crippen molar-refractivity contribution in [2.45, 2.75) is 32.2 Å². The van der Waals surface area contributed by atoms with Crippen LogP contribution in [0.4, 0.5) is 13.2 Å². The lowest BCUT2D eigenvalue weighted by atomic mass is 9.96. The number of alkyl halides is 3. The van der Waals surface area contributed by atoms with Gasteiger partial charge in [-0.15, -0.1) is 0 Å². The maximum atomic E-state index is 12.9.